The summed E-state index contributed by atoms with van der Waals surface area (Å²) in [5, 5.41) is 0. The third kappa shape index (κ3) is 32.9. The van der Waals surface area contributed by atoms with E-state index in [9.17, 15) is 4.57 Å². The van der Waals surface area contributed by atoms with Crippen molar-refractivity contribution >= 4 is 30.2 Å². The van der Waals surface area contributed by atoms with Crippen LogP contribution in [0.4, 0.5) is 0 Å². The van der Waals surface area contributed by atoms with E-state index in [0.29, 0.717) is 6.42 Å². The summed E-state index contributed by atoms with van der Waals surface area (Å²) in [5.41, 5.74) is 0. The van der Waals surface area contributed by atoms with Crippen LogP contribution in [0.5, 0.6) is 0 Å². The predicted octanol–water partition coefficient (Wildman–Crippen LogP) is 11.1. The second-order valence-corrected chi connectivity index (χ2v) is 13.5. The molecular weight excluding hydrogens is 554 g/mol. The molecule has 0 spiro atoms. The van der Waals surface area contributed by atoms with Gasteiger partial charge in [-0.15, -0.1) is 0 Å². The van der Waals surface area contributed by atoms with Gasteiger partial charge in [0.15, 0.2) is 0 Å². The predicted molar refractivity (Wildman–Crippen MR) is 160 cm³/mol. The Morgan fingerprint density at radius 3 is 0.706 bits per heavy atom. The molecule has 0 amide bonds. The third-order valence-electron chi connectivity index (χ3n) is 7.08. The number of hydrogen-bond donors (Lipinski definition) is 2. The first kappa shape index (κ1) is 34.9. The van der Waals surface area contributed by atoms with Crippen LogP contribution in [0.2, 0.25) is 0 Å². The van der Waals surface area contributed by atoms with E-state index in [2.05, 4.69) is 22.6 Å². The van der Waals surface area contributed by atoms with Crippen molar-refractivity contribution in [2.24, 2.45) is 0 Å². The molecule has 0 radical (unpaired) electrons. The van der Waals surface area contributed by atoms with Gasteiger partial charge in [0.1, 0.15) is 0 Å². The van der Waals surface area contributed by atoms with Gasteiger partial charge in [0.05, 0.1) is 0 Å². The Balaban J connectivity index is 3.03. The molecule has 206 valence electrons. The summed E-state index contributed by atoms with van der Waals surface area (Å²) >= 11 is 2.49. The molecule has 0 rings (SSSR count). The van der Waals surface area contributed by atoms with Crippen LogP contribution < -0.4 is 0 Å². The van der Waals surface area contributed by atoms with E-state index in [1.807, 2.05) is 0 Å². The maximum Gasteiger partial charge on any atom is 0.325 e. The van der Waals surface area contributed by atoms with Gasteiger partial charge in [0.2, 0.25) is 0 Å². The molecule has 0 aliphatic heterocycles. The maximum atomic E-state index is 10.8. The van der Waals surface area contributed by atoms with Gasteiger partial charge in [-0.1, -0.05) is 183 Å². The molecule has 0 aliphatic carbocycles. The van der Waals surface area contributed by atoms with Crippen LogP contribution in [0.15, 0.2) is 0 Å². The lowest BCUT2D eigenvalue weighted by Crippen LogP contribution is -1.88. The Bertz CT molecular complexity index is 428. The van der Waals surface area contributed by atoms with Gasteiger partial charge in [0.25, 0.3) is 0 Å². The van der Waals surface area contributed by atoms with Crippen molar-refractivity contribution in [3.63, 3.8) is 0 Å². The Hall–Kier alpha value is 0.880. The molecular formula is C29H60IO3P. The van der Waals surface area contributed by atoms with E-state index >= 15 is 0 Å². The first-order valence-electron chi connectivity index (χ1n) is 15.2. The molecule has 0 saturated carbocycles. The lowest BCUT2D eigenvalue weighted by atomic mass is 10.0. The minimum atomic E-state index is -3.77. The summed E-state index contributed by atoms with van der Waals surface area (Å²) in [7, 11) is -3.77. The zero-order valence-electron chi connectivity index (χ0n) is 22.6. The summed E-state index contributed by atoms with van der Waals surface area (Å²) in [5.74, 6) is 0. The van der Waals surface area contributed by atoms with Crippen LogP contribution in [0, 0.1) is 0 Å². The average molecular weight is 615 g/mol. The Labute approximate surface area is 227 Å². The first-order chi connectivity index (χ1) is 16.6. The highest BCUT2D eigenvalue weighted by molar-refractivity contribution is 14.1. The minimum Gasteiger partial charge on any atom is -0.324 e. The fourth-order valence-electron chi connectivity index (χ4n) is 4.83. The van der Waals surface area contributed by atoms with Gasteiger partial charge in [0, 0.05) is 6.16 Å². The van der Waals surface area contributed by atoms with E-state index in [4.69, 9.17) is 9.79 Å². The van der Waals surface area contributed by atoms with Crippen LogP contribution in [0.1, 0.15) is 173 Å². The summed E-state index contributed by atoms with van der Waals surface area (Å²) in [6, 6.07) is 0. The van der Waals surface area contributed by atoms with Gasteiger partial charge < -0.3 is 9.79 Å². The highest BCUT2D eigenvalue weighted by atomic mass is 127. The Morgan fingerprint density at radius 1 is 0.353 bits per heavy atom. The monoisotopic (exact) mass is 614 g/mol. The fourth-order valence-corrected chi connectivity index (χ4v) is 6.01. The second-order valence-electron chi connectivity index (χ2n) is 10.6. The van der Waals surface area contributed by atoms with E-state index in [0.717, 1.165) is 12.8 Å². The SMILES string of the molecule is O=P(O)(O)CCCCCCCCCCCCCCCCCCCCCCCCCCCCCI. The average Bonchev–Trinajstić information content (AvgIpc) is 2.80. The molecule has 2 N–H and O–H groups in total. The van der Waals surface area contributed by atoms with Crippen molar-refractivity contribution in [1.29, 1.82) is 0 Å². The molecule has 0 unspecified atom stereocenters. The topological polar surface area (TPSA) is 57.5 Å². The fraction of sp³-hybridized carbons (Fsp3) is 1.00. The lowest BCUT2D eigenvalue weighted by Gasteiger charge is -2.05. The van der Waals surface area contributed by atoms with Crippen LogP contribution in [-0.4, -0.2) is 20.4 Å². The van der Waals surface area contributed by atoms with Crippen molar-refractivity contribution in [3.05, 3.63) is 0 Å². The molecule has 0 aromatic heterocycles. The van der Waals surface area contributed by atoms with Crippen molar-refractivity contribution in [2.75, 3.05) is 10.6 Å². The lowest BCUT2D eigenvalue weighted by molar-refractivity contribution is 0.370. The molecule has 0 aliphatic rings. The second kappa shape index (κ2) is 28.5. The van der Waals surface area contributed by atoms with E-state index in [1.54, 1.807) is 0 Å². The smallest absolute Gasteiger partial charge is 0.324 e. The largest absolute Gasteiger partial charge is 0.325 e. The van der Waals surface area contributed by atoms with E-state index in [1.165, 1.54) is 159 Å². The van der Waals surface area contributed by atoms with Crippen molar-refractivity contribution in [2.45, 2.75) is 173 Å². The van der Waals surface area contributed by atoms with Gasteiger partial charge in [-0.2, -0.15) is 0 Å². The van der Waals surface area contributed by atoms with Crippen molar-refractivity contribution in [3.8, 4) is 0 Å². The van der Waals surface area contributed by atoms with Gasteiger partial charge >= 0.3 is 7.60 Å². The highest BCUT2D eigenvalue weighted by Crippen LogP contribution is 2.35. The molecule has 0 saturated heterocycles. The van der Waals surface area contributed by atoms with Crippen LogP contribution >= 0.6 is 30.2 Å². The number of hydrogen-bond acceptors (Lipinski definition) is 1. The van der Waals surface area contributed by atoms with E-state index in [-0.39, 0.29) is 6.16 Å². The Morgan fingerprint density at radius 2 is 0.529 bits per heavy atom. The molecule has 0 aromatic rings. The molecule has 34 heavy (non-hydrogen) atoms. The number of unbranched alkanes of at least 4 members (excludes halogenated alkanes) is 26. The summed E-state index contributed by atoms with van der Waals surface area (Å²) < 4.78 is 12.1. The first-order valence-corrected chi connectivity index (χ1v) is 18.5. The number of halogens is 1. The summed E-state index contributed by atoms with van der Waals surface area (Å²) in [6.45, 7) is 0. The number of rotatable bonds is 29. The van der Waals surface area contributed by atoms with Gasteiger partial charge in [-0.3, -0.25) is 4.57 Å². The van der Waals surface area contributed by atoms with Crippen LogP contribution in [0.25, 0.3) is 0 Å². The number of alkyl halides is 1. The third-order valence-corrected chi connectivity index (χ3v) is 8.74. The molecule has 0 heterocycles. The standard InChI is InChI=1S/C29H60IO3P/c30-28-26-24-22-20-18-16-14-12-10-8-6-4-2-1-3-5-7-9-11-13-15-17-19-21-23-25-27-29-34(31,32)33/h1-29H2,(H2,31,32,33). The minimum absolute atomic E-state index is 0.0618. The van der Waals surface area contributed by atoms with E-state index < -0.39 is 7.60 Å². The summed E-state index contributed by atoms with van der Waals surface area (Å²) in [6.07, 6.45) is 36.9. The van der Waals surface area contributed by atoms with Gasteiger partial charge in [-0.25, -0.2) is 0 Å². The maximum absolute atomic E-state index is 10.8. The molecule has 0 aromatic carbocycles. The van der Waals surface area contributed by atoms with Gasteiger partial charge in [-0.05, 0) is 17.3 Å². The van der Waals surface area contributed by atoms with Crippen molar-refractivity contribution in [1.82, 2.24) is 0 Å². The molecule has 0 bridgehead atoms. The highest BCUT2D eigenvalue weighted by Gasteiger charge is 2.10. The normalized spacial score (nSPS) is 12.0. The zero-order valence-corrected chi connectivity index (χ0v) is 25.7. The van der Waals surface area contributed by atoms with Crippen molar-refractivity contribution < 1.29 is 14.4 Å². The summed E-state index contributed by atoms with van der Waals surface area (Å²) in [4.78, 5) is 17.7. The van der Waals surface area contributed by atoms with Crippen LogP contribution in [0.3, 0.4) is 0 Å². The van der Waals surface area contributed by atoms with Crippen LogP contribution in [-0.2, 0) is 4.57 Å². The molecule has 0 fully saturated rings. The molecule has 3 nitrogen and oxygen atoms in total. The molecule has 5 heteroatoms. The zero-order chi connectivity index (χ0) is 25.0. The molecule has 0 atom stereocenters. The quantitative estimate of drug-likeness (QED) is 0.0381. The Kier molecular flexibility index (Phi) is 29.2.